The summed E-state index contributed by atoms with van der Waals surface area (Å²) in [6.07, 6.45) is 4.71. The van der Waals surface area contributed by atoms with Crippen LogP contribution < -0.4 is 11.5 Å². The van der Waals surface area contributed by atoms with Crippen LogP contribution in [0.2, 0.25) is 0 Å². The van der Waals surface area contributed by atoms with Gasteiger partial charge < -0.3 is 16.4 Å². The minimum atomic E-state index is -0.221. The molecular formula is C12H26N4O. The van der Waals surface area contributed by atoms with Crippen LogP contribution in [0.3, 0.4) is 0 Å². The van der Waals surface area contributed by atoms with Crippen LogP contribution >= 0.6 is 0 Å². The van der Waals surface area contributed by atoms with Gasteiger partial charge in [-0.2, -0.15) is 0 Å². The quantitative estimate of drug-likeness (QED) is 0.596. The highest BCUT2D eigenvalue weighted by Gasteiger charge is 2.15. The molecule has 1 amide bonds. The van der Waals surface area contributed by atoms with Crippen LogP contribution in [0.4, 0.5) is 0 Å². The number of carbonyl (C=O) groups excluding carboxylic acids is 1. The first-order valence-electron chi connectivity index (χ1n) is 6.65. The maximum absolute atomic E-state index is 10.9. The number of unbranched alkanes of at least 4 members (excludes halogenated alkanes) is 2. The van der Waals surface area contributed by atoms with Gasteiger partial charge in [0.15, 0.2) is 0 Å². The van der Waals surface area contributed by atoms with E-state index < -0.39 is 0 Å². The van der Waals surface area contributed by atoms with E-state index in [4.69, 9.17) is 11.5 Å². The molecule has 5 heteroatoms. The standard InChI is InChI=1S/C12H26N4O/c13-5-2-1-3-6-15-7-4-8-16(10-9-15)11-12(14)17/h1-11,13H2,(H2,14,17). The van der Waals surface area contributed by atoms with E-state index in [1.54, 1.807) is 0 Å². The van der Waals surface area contributed by atoms with E-state index in [2.05, 4.69) is 9.80 Å². The first-order valence-corrected chi connectivity index (χ1v) is 6.65. The van der Waals surface area contributed by atoms with Gasteiger partial charge in [-0.05, 0) is 45.4 Å². The van der Waals surface area contributed by atoms with Gasteiger partial charge in [-0.1, -0.05) is 6.42 Å². The van der Waals surface area contributed by atoms with Crippen LogP contribution in [0.15, 0.2) is 0 Å². The molecule has 0 radical (unpaired) electrons. The van der Waals surface area contributed by atoms with Crippen molar-refractivity contribution in [3.63, 3.8) is 0 Å². The van der Waals surface area contributed by atoms with Crippen molar-refractivity contribution in [2.75, 3.05) is 45.8 Å². The lowest BCUT2D eigenvalue weighted by molar-refractivity contribution is -0.119. The minimum absolute atomic E-state index is 0.221. The van der Waals surface area contributed by atoms with E-state index in [1.807, 2.05) is 0 Å². The van der Waals surface area contributed by atoms with Crippen molar-refractivity contribution in [2.24, 2.45) is 11.5 Å². The summed E-state index contributed by atoms with van der Waals surface area (Å²) in [5.41, 5.74) is 10.7. The lowest BCUT2D eigenvalue weighted by atomic mass is 10.2. The fourth-order valence-corrected chi connectivity index (χ4v) is 2.28. The van der Waals surface area contributed by atoms with Crippen LogP contribution in [0.25, 0.3) is 0 Å². The van der Waals surface area contributed by atoms with Crippen molar-refractivity contribution in [1.29, 1.82) is 0 Å². The first kappa shape index (κ1) is 14.4. The molecule has 1 fully saturated rings. The normalized spacial score (nSPS) is 19.1. The lowest BCUT2D eigenvalue weighted by Gasteiger charge is -2.20. The highest BCUT2D eigenvalue weighted by molar-refractivity contribution is 5.75. The van der Waals surface area contributed by atoms with E-state index in [-0.39, 0.29) is 5.91 Å². The lowest BCUT2D eigenvalue weighted by Crippen LogP contribution is -2.36. The number of nitrogens with two attached hydrogens (primary N) is 2. The largest absolute Gasteiger partial charge is 0.369 e. The SMILES string of the molecule is NCCCCCN1CCCN(CC(N)=O)CC1. The first-order chi connectivity index (χ1) is 8.22. The maximum Gasteiger partial charge on any atom is 0.231 e. The Kier molecular flexibility index (Phi) is 7.16. The van der Waals surface area contributed by atoms with E-state index in [1.165, 1.54) is 12.8 Å². The van der Waals surface area contributed by atoms with Gasteiger partial charge in [-0.25, -0.2) is 0 Å². The molecule has 1 rings (SSSR count). The van der Waals surface area contributed by atoms with Gasteiger partial charge >= 0.3 is 0 Å². The molecule has 1 heterocycles. The summed E-state index contributed by atoms with van der Waals surface area (Å²) in [4.78, 5) is 15.5. The zero-order valence-corrected chi connectivity index (χ0v) is 10.7. The maximum atomic E-state index is 10.9. The van der Waals surface area contributed by atoms with Gasteiger partial charge in [0.25, 0.3) is 0 Å². The molecule has 4 N–H and O–H groups in total. The van der Waals surface area contributed by atoms with E-state index in [0.29, 0.717) is 6.54 Å². The fraction of sp³-hybridized carbons (Fsp3) is 0.917. The number of primary amides is 1. The van der Waals surface area contributed by atoms with Crippen LogP contribution in [0, 0.1) is 0 Å². The predicted octanol–water partition coefficient (Wildman–Crippen LogP) is -0.392. The minimum Gasteiger partial charge on any atom is -0.369 e. The molecule has 0 aromatic heterocycles. The number of carbonyl (C=O) groups is 1. The molecular weight excluding hydrogens is 216 g/mol. The van der Waals surface area contributed by atoms with Crippen molar-refractivity contribution < 1.29 is 4.79 Å². The topological polar surface area (TPSA) is 75.6 Å². The molecule has 0 aromatic carbocycles. The number of hydrogen-bond donors (Lipinski definition) is 2. The third-order valence-corrected chi connectivity index (χ3v) is 3.24. The average Bonchev–Trinajstić information content (AvgIpc) is 2.50. The Morgan fingerprint density at radius 2 is 1.71 bits per heavy atom. The Morgan fingerprint density at radius 1 is 1.00 bits per heavy atom. The van der Waals surface area contributed by atoms with E-state index in [0.717, 1.165) is 52.1 Å². The molecule has 17 heavy (non-hydrogen) atoms. The zero-order chi connectivity index (χ0) is 12.5. The Labute approximate surface area is 104 Å². The van der Waals surface area contributed by atoms with Crippen molar-refractivity contribution >= 4 is 5.91 Å². The van der Waals surface area contributed by atoms with Crippen molar-refractivity contribution in [3.8, 4) is 0 Å². The van der Waals surface area contributed by atoms with Gasteiger partial charge in [0.1, 0.15) is 0 Å². The molecule has 1 saturated heterocycles. The second-order valence-corrected chi connectivity index (χ2v) is 4.79. The number of rotatable bonds is 7. The monoisotopic (exact) mass is 242 g/mol. The zero-order valence-electron chi connectivity index (χ0n) is 10.7. The van der Waals surface area contributed by atoms with Gasteiger partial charge in [0.2, 0.25) is 5.91 Å². The molecule has 0 spiro atoms. The summed E-state index contributed by atoms with van der Waals surface area (Å²) in [5.74, 6) is -0.221. The Hall–Kier alpha value is -0.650. The summed E-state index contributed by atoms with van der Waals surface area (Å²) in [6.45, 7) is 6.49. The summed E-state index contributed by atoms with van der Waals surface area (Å²) >= 11 is 0. The van der Waals surface area contributed by atoms with Crippen LogP contribution in [-0.2, 0) is 4.79 Å². The van der Waals surface area contributed by atoms with E-state index >= 15 is 0 Å². The third kappa shape index (κ3) is 6.61. The second kappa shape index (κ2) is 8.44. The Balaban J connectivity index is 2.16. The van der Waals surface area contributed by atoms with Gasteiger partial charge in [-0.3, -0.25) is 9.69 Å². The summed E-state index contributed by atoms with van der Waals surface area (Å²) in [7, 11) is 0. The molecule has 1 aliphatic rings. The molecule has 0 saturated carbocycles. The molecule has 1 aliphatic heterocycles. The summed E-state index contributed by atoms with van der Waals surface area (Å²) in [5, 5.41) is 0. The average molecular weight is 242 g/mol. The second-order valence-electron chi connectivity index (χ2n) is 4.79. The van der Waals surface area contributed by atoms with Crippen LogP contribution in [-0.4, -0.2) is 61.5 Å². The van der Waals surface area contributed by atoms with Crippen molar-refractivity contribution in [1.82, 2.24) is 9.80 Å². The highest BCUT2D eigenvalue weighted by Crippen LogP contribution is 2.05. The molecule has 0 unspecified atom stereocenters. The van der Waals surface area contributed by atoms with Crippen molar-refractivity contribution in [2.45, 2.75) is 25.7 Å². The Morgan fingerprint density at radius 3 is 2.41 bits per heavy atom. The molecule has 0 aliphatic carbocycles. The van der Waals surface area contributed by atoms with E-state index in [9.17, 15) is 4.79 Å². The molecule has 0 aromatic rings. The molecule has 0 bridgehead atoms. The number of amides is 1. The van der Waals surface area contributed by atoms with Gasteiger partial charge in [0.05, 0.1) is 6.54 Å². The number of hydrogen-bond acceptors (Lipinski definition) is 4. The molecule has 5 nitrogen and oxygen atoms in total. The molecule has 0 atom stereocenters. The smallest absolute Gasteiger partial charge is 0.231 e. The predicted molar refractivity (Wildman–Crippen MR) is 69.6 cm³/mol. The summed E-state index contributed by atoms with van der Waals surface area (Å²) < 4.78 is 0. The molecule has 100 valence electrons. The Bertz CT molecular complexity index is 223. The van der Waals surface area contributed by atoms with Gasteiger partial charge in [0, 0.05) is 13.1 Å². The number of nitrogens with zero attached hydrogens (tertiary/aromatic N) is 2. The van der Waals surface area contributed by atoms with Crippen molar-refractivity contribution in [3.05, 3.63) is 0 Å². The fourth-order valence-electron chi connectivity index (χ4n) is 2.28. The van der Waals surface area contributed by atoms with Gasteiger partial charge in [-0.15, -0.1) is 0 Å². The third-order valence-electron chi connectivity index (χ3n) is 3.24. The van der Waals surface area contributed by atoms with Crippen LogP contribution in [0.1, 0.15) is 25.7 Å². The highest BCUT2D eigenvalue weighted by atomic mass is 16.1. The van der Waals surface area contributed by atoms with Crippen LogP contribution in [0.5, 0.6) is 0 Å². The summed E-state index contributed by atoms with van der Waals surface area (Å²) in [6, 6.07) is 0.